The first-order chi connectivity index (χ1) is 7.81. The minimum Gasteiger partial charge on any atom is -0.444 e. The van der Waals surface area contributed by atoms with Crippen LogP contribution in [0.25, 0.3) is 0 Å². The Morgan fingerprint density at radius 2 is 1.61 bits per heavy atom. The largest absolute Gasteiger partial charge is 0.444 e. The fourth-order valence-electron chi connectivity index (χ4n) is 0.925. The Morgan fingerprint density at radius 1 is 1.11 bits per heavy atom. The van der Waals surface area contributed by atoms with Crippen LogP contribution >= 0.6 is 0 Å². The van der Waals surface area contributed by atoms with E-state index in [0.717, 1.165) is 0 Å². The summed E-state index contributed by atoms with van der Waals surface area (Å²) in [7, 11) is 0. The van der Waals surface area contributed by atoms with Crippen molar-refractivity contribution >= 4 is 6.09 Å². The number of alkyl carbamates (subject to hydrolysis) is 1. The highest BCUT2D eigenvalue weighted by Crippen LogP contribution is 2.12. The van der Waals surface area contributed by atoms with Crippen LogP contribution < -0.4 is 5.32 Å². The van der Waals surface area contributed by atoms with Crippen molar-refractivity contribution in [2.45, 2.75) is 59.7 Å². The van der Waals surface area contributed by atoms with Gasteiger partial charge in [0.25, 0.3) is 0 Å². The van der Waals surface area contributed by atoms with E-state index in [4.69, 9.17) is 4.74 Å². The molecule has 2 N–H and O–H groups in total. The lowest BCUT2D eigenvalue weighted by atomic mass is 9.96. The zero-order chi connectivity index (χ0) is 14.6. The smallest absolute Gasteiger partial charge is 0.407 e. The van der Waals surface area contributed by atoms with Gasteiger partial charge in [0.1, 0.15) is 11.2 Å². The Labute approximate surface area is 110 Å². The summed E-state index contributed by atoms with van der Waals surface area (Å²) >= 11 is 0. The van der Waals surface area contributed by atoms with E-state index in [1.165, 1.54) is 0 Å². The van der Waals surface area contributed by atoms with Crippen LogP contribution in [0.15, 0.2) is 0 Å². The van der Waals surface area contributed by atoms with Gasteiger partial charge in [-0.1, -0.05) is 11.8 Å². The molecule has 104 valence electrons. The molecule has 1 amide bonds. The standard InChI is InChI=1S/C14H25NO3/c1-12(2,3)8-9-14(7,17)10-15-11(16)18-13(4,5)6/h17H,10H2,1-7H3,(H,15,16). The van der Waals surface area contributed by atoms with E-state index in [2.05, 4.69) is 17.2 Å². The first-order valence-electron chi connectivity index (χ1n) is 6.04. The number of nitrogens with one attached hydrogen (secondary N) is 1. The maximum atomic E-state index is 11.4. The third-order valence-electron chi connectivity index (χ3n) is 1.68. The molecule has 0 fully saturated rings. The van der Waals surface area contributed by atoms with Gasteiger partial charge in [0.05, 0.1) is 6.54 Å². The normalized spacial score (nSPS) is 15.1. The Hall–Kier alpha value is -1.21. The monoisotopic (exact) mass is 255 g/mol. The van der Waals surface area contributed by atoms with Crippen molar-refractivity contribution in [3.05, 3.63) is 0 Å². The minimum absolute atomic E-state index is 0.0327. The molecule has 18 heavy (non-hydrogen) atoms. The van der Waals surface area contributed by atoms with Gasteiger partial charge >= 0.3 is 6.09 Å². The molecule has 0 saturated carbocycles. The number of amides is 1. The molecule has 0 aromatic carbocycles. The molecule has 0 heterocycles. The summed E-state index contributed by atoms with van der Waals surface area (Å²) < 4.78 is 5.07. The number of rotatable bonds is 2. The number of hydrogen-bond donors (Lipinski definition) is 2. The Morgan fingerprint density at radius 3 is 2.00 bits per heavy atom. The molecule has 0 aliphatic heterocycles. The highest BCUT2D eigenvalue weighted by Gasteiger charge is 2.21. The molecule has 1 unspecified atom stereocenters. The minimum atomic E-state index is -1.26. The van der Waals surface area contributed by atoms with E-state index in [0.29, 0.717) is 0 Å². The molecule has 0 bridgehead atoms. The van der Waals surface area contributed by atoms with Gasteiger partial charge in [-0.3, -0.25) is 0 Å². The van der Waals surface area contributed by atoms with Crippen LogP contribution in [0.4, 0.5) is 4.79 Å². The SMILES string of the molecule is CC(C)(C)C#CC(C)(O)CNC(=O)OC(C)(C)C. The van der Waals surface area contributed by atoms with Gasteiger partial charge in [-0.2, -0.15) is 0 Å². The van der Waals surface area contributed by atoms with Crippen molar-refractivity contribution in [2.75, 3.05) is 6.54 Å². The zero-order valence-corrected chi connectivity index (χ0v) is 12.5. The third kappa shape index (κ3) is 9.98. The van der Waals surface area contributed by atoms with Gasteiger partial charge in [-0.15, -0.1) is 0 Å². The van der Waals surface area contributed by atoms with Crippen LogP contribution in [0, 0.1) is 17.3 Å². The summed E-state index contributed by atoms with van der Waals surface area (Å²) in [6.45, 7) is 12.8. The van der Waals surface area contributed by atoms with E-state index >= 15 is 0 Å². The maximum Gasteiger partial charge on any atom is 0.407 e. The van der Waals surface area contributed by atoms with Gasteiger partial charge in [0.2, 0.25) is 0 Å². The quantitative estimate of drug-likeness (QED) is 0.744. The van der Waals surface area contributed by atoms with Crippen LogP contribution in [0.3, 0.4) is 0 Å². The molecular formula is C14H25NO3. The Bertz CT molecular complexity index is 348. The van der Waals surface area contributed by atoms with Gasteiger partial charge < -0.3 is 15.2 Å². The second kappa shape index (κ2) is 5.62. The summed E-state index contributed by atoms with van der Waals surface area (Å²) in [5.41, 5.74) is -1.99. The second-order valence-electron chi connectivity index (χ2n) is 6.63. The van der Waals surface area contributed by atoms with Gasteiger partial charge in [0.15, 0.2) is 0 Å². The van der Waals surface area contributed by atoms with E-state index < -0.39 is 17.3 Å². The summed E-state index contributed by atoms with van der Waals surface area (Å²) in [6, 6.07) is 0. The number of carbonyl (C=O) groups excluding carboxylic acids is 1. The van der Waals surface area contributed by atoms with Gasteiger partial charge in [-0.25, -0.2) is 4.79 Å². The molecule has 0 aromatic heterocycles. The molecule has 0 aromatic rings. The highest BCUT2D eigenvalue weighted by atomic mass is 16.6. The number of carbonyl (C=O) groups is 1. The van der Waals surface area contributed by atoms with Crippen molar-refractivity contribution in [2.24, 2.45) is 5.41 Å². The molecule has 0 aliphatic rings. The predicted molar refractivity (Wildman–Crippen MR) is 72.1 cm³/mol. The number of ether oxygens (including phenoxy) is 1. The topological polar surface area (TPSA) is 58.6 Å². The van der Waals surface area contributed by atoms with E-state index in [9.17, 15) is 9.90 Å². The number of aliphatic hydroxyl groups is 1. The summed E-state index contributed by atoms with van der Waals surface area (Å²) in [5.74, 6) is 5.69. The molecule has 1 atom stereocenters. The summed E-state index contributed by atoms with van der Waals surface area (Å²) in [6.07, 6.45) is -0.555. The number of hydrogen-bond acceptors (Lipinski definition) is 3. The van der Waals surface area contributed by atoms with Crippen LogP contribution in [0.5, 0.6) is 0 Å². The molecule has 0 spiro atoms. The molecule has 4 nitrogen and oxygen atoms in total. The molecule has 0 saturated heterocycles. The molecule has 0 aliphatic carbocycles. The lowest BCUT2D eigenvalue weighted by molar-refractivity contribution is 0.0457. The fourth-order valence-corrected chi connectivity index (χ4v) is 0.925. The predicted octanol–water partition coefficient (Wildman–Crippen LogP) is 2.31. The van der Waals surface area contributed by atoms with Crippen molar-refractivity contribution in [3.8, 4) is 11.8 Å². The summed E-state index contributed by atoms with van der Waals surface area (Å²) in [4.78, 5) is 11.4. The van der Waals surface area contributed by atoms with E-state index in [-0.39, 0.29) is 12.0 Å². The average molecular weight is 255 g/mol. The van der Waals surface area contributed by atoms with Gasteiger partial charge in [-0.05, 0) is 48.5 Å². The lowest BCUT2D eigenvalue weighted by Crippen LogP contribution is -2.42. The lowest BCUT2D eigenvalue weighted by Gasteiger charge is -2.22. The summed E-state index contributed by atoms with van der Waals surface area (Å²) in [5, 5.41) is 12.5. The van der Waals surface area contributed by atoms with Crippen LogP contribution in [-0.2, 0) is 4.74 Å². The van der Waals surface area contributed by atoms with Crippen LogP contribution in [-0.4, -0.2) is 28.9 Å². The van der Waals surface area contributed by atoms with Gasteiger partial charge in [0, 0.05) is 5.41 Å². The molecule has 0 rings (SSSR count). The fraction of sp³-hybridized carbons (Fsp3) is 0.786. The van der Waals surface area contributed by atoms with Crippen molar-refractivity contribution in [3.63, 3.8) is 0 Å². The average Bonchev–Trinajstić information content (AvgIpc) is 2.08. The van der Waals surface area contributed by atoms with Crippen molar-refractivity contribution in [1.29, 1.82) is 0 Å². The third-order valence-corrected chi connectivity index (χ3v) is 1.68. The first kappa shape index (κ1) is 16.8. The molecule has 4 heteroatoms. The van der Waals surface area contributed by atoms with E-state index in [1.807, 2.05) is 20.8 Å². The Kier molecular flexibility index (Phi) is 5.24. The first-order valence-corrected chi connectivity index (χ1v) is 6.04. The second-order valence-corrected chi connectivity index (χ2v) is 6.63. The molecular weight excluding hydrogens is 230 g/mol. The maximum absolute atomic E-state index is 11.4. The zero-order valence-electron chi connectivity index (χ0n) is 12.5. The van der Waals surface area contributed by atoms with Crippen molar-refractivity contribution in [1.82, 2.24) is 5.32 Å². The van der Waals surface area contributed by atoms with Crippen molar-refractivity contribution < 1.29 is 14.6 Å². The Balaban J connectivity index is 4.35. The molecule has 0 radical (unpaired) electrons. The van der Waals surface area contributed by atoms with Crippen LogP contribution in [0.1, 0.15) is 48.5 Å². The van der Waals surface area contributed by atoms with E-state index in [1.54, 1.807) is 27.7 Å². The highest BCUT2D eigenvalue weighted by molar-refractivity contribution is 5.67. The van der Waals surface area contributed by atoms with Crippen LogP contribution in [0.2, 0.25) is 0 Å².